The topological polar surface area (TPSA) is 103 Å². The molecule has 3 rings (SSSR count). The molecule has 9 heteroatoms. The molecule has 2 aromatic rings. The van der Waals surface area contributed by atoms with Crippen LogP contribution in [0.25, 0.3) is 0 Å². The van der Waals surface area contributed by atoms with Gasteiger partial charge in [0.15, 0.2) is 5.16 Å². The number of aryl methyl sites for hydroxylation is 1. The summed E-state index contributed by atoms with van der Waals surface area (Å²) in [5, 5.41) is 9.32. The molecule has 0 radical (unpaired) electrons. The third-order valence-electron chi connectivity index (χ3n) is 5.36. The maximum Gasteiger partial charge on any atom is 0.237 e. The van der Waals surface area contributed by atoms with Gasteiger partial charge in [-0.25, -0.2) is 0 Å². The summed E-state index contributed by atoms with van der Waals surface area (Å²) < 4.78 is 7.58. The fraction of sp³-hybridized carbons (Fsp3) is 0.524. The second-order valence-corrected chi connectivity index (χ2v) is 8.36. The summed E-state index contributed by atoms with van der Waals surface area (Å²) >= 11 is 1.38. The first kappa shape index (κ1) is 22.1. The van der Waals surface area contributed by atoms with Gasteiger partial charge in [0.2, 0.25) is 11.8 Å². The van der Waals surface area contributed by atoms with E-state index in [1.807, 2.05) is 19.1 Å². The lowest BCUT2D eigenvalue weighted by Crippen LogP contribution is -2.35. The molecule has 30 heavy (non-hydrogen) atoms. The lowest BCUT2D eigenvalue weighted by Gasteiger charge is -2.26. The van der Waals surface area contributed by atoms with Crippen molar-refractivity contribution in [3.8, 4) is 5.75 Å². The van der Waals surface area contributed by atoms with E-state index in [1.165, 1.54) is 31.0 Å². The number of nitrogens with zero attached hydrogens (tertiary/aromatic N) is 4. The normalized spacial score (nSPS) is 14.5. The van der Waals surface area contributed by atoms with Crippen LogP contribution in [0, 0.1) is 6.92 Å². The first-order chi connectivity index (χ1) is 14.5. The van der Waals surface area contributed by atoms with Gasteiger partial charge < -0.3 is 19.9 Å². The summed E-state index contributed by atoms with van der Waals surface area (Å²) in [5.74, 6) is 1.04. The van der Waals surface area contributed by atoms with Gasteiger partial charge in [-0.1, -0.05) is 43.2 Å². The monoisotopic (exact) mass is 431 g/mol. The number of methoxy groups -OCH3 is 1. The predicted molar refractivity (Wildman–Crippen MR) is 117 cm³/mol. The van der Waals surface area contributed by atoms with Crippen LogP contribution in [0.1, 0.15) is 50.4 Å². The third-order valence-corrected chi connectivity index (χ3v) is 6.29. The highest BCUT2D eigenvalue weighted by Crippen LogP contribution is 2.33. The lowest BCUT2D eigenvalue weighted by molar-refractivity contribution is -0.118. The highest BCUT2D eigenvalue weighted by atomic mass is 32.2. The molecule has 1 aromatic carbocycles. The molecule has 0 aliphatic heterocycles. The van der Waals surface area contributed by atoms with Crippen LogP contribution in [0.4, 0.5) is 5.69 Å². The molecule has 162 valence electrons. The highest BCUT2D eigenvalue weighted by molar-refractivity contribution is 7.99. The quantitative estimate of drug-likeness (QED) is 0.612. The minimum absolute atomic E-state index is 0.0752. The number of para-hydroxylation sites is 2. The molecule has 0 spiro atoms. The Kier molecular flexibility index (Phi) is 7.73. The third kappa shape index (κ3) is 5.33. The number of ether oxygens (including phenoxy) is 1. The Morgan fingerprint density at radius 2 is 1.97 bits per heavy atom. The number of thioether (sulfide) groups is 1. The fourth-order valence-electron chi connectivity index (χ4n) is 3.87. The van der Waals surface area contributed by atoms with Crippen LogP contribution in [-0.2, 0) is 9.59 Å². The van der Waals surface area contributed by atoms with Gasteiger partial charge in [-0.05, 0) is 31.9 Å². The maximum atomic E-state index is 13.1. The maximum absolute atomic E-state index is 13.1. The molecule has 1 aliphatic rings. The first-order valence-corrected chi connectivity index (χ1v) is 11.3. The Hall–Kier alpha value is -2.55. The van der Waals surface area contributed by atoms with Crippen LogP contribution >= 0.6 is 11.8 Å². The van der Waals surface area contributed by atoms with E-state index in [1.54, 1.807) is 24.1 Å². The van der Waals surface area contributed by atoms with E-state index in [0.717, 1.165) is 23.8 Å². The molecular weight excluding hydrogens is 402 g/mol. The molecule has 1 aromatic heterocycles. The van der Waals surface area contributed by atoms with Gasteiger partial charge in [-0.2, -0.15) is 0 Å². The fourth-order valence-corrected chi connectivity index (χ4v) is 4.79. The standard InChI is InChI=1S/C21H29N5O3S/c1-15-23-24-21(26(15)16-8-4-3-5-9-16)30-14-20(28)25(13-12-19(22)27)17-10-6-7-11-18(17)29-2/h6-7,10-11,16H,3-5,8-9,12-14H2,1-2H3,(H2,22,27). The van der Waals surface area contributed by atoms with E-state index >= 15 is 0 Å². The SMILES string of the molecule is COc1ccccc1N(CCC(N)=O)C(=O)CSc1nnc(C)n1C1CCCCC1. The molecule has 1 heterocycles. The highest BCUT2D eigenvalue weighted by Gasteiger charge is 2.24. The average Bonchev–Trinajstić information content (AvgIpc) is 3.13. The number of carbonyl (C=O) groups is 2. The van der Waals surface area contributed by atoms with Gasteiger partial charge >= 0.3 is 0 Å². The Balaban J connectivity index is 1.76. The van der Waals surface area contributed by atoms with Crippen molar-refractivity contribution in [1.82, 2.24) is 14.8 Å². The Labute approximate surface area is 181 Å². The van der Waals surface area contributed by atoms with E-state index in [9.17, 15) is 9.59 Å². The number of amides is 2. The summed E-state index contributed by atoms with van der Waals surface area (Å²) in [5.41, 5.74) is 5.95. The summed E-state index contributed by atoms with van der Waals surface area (Å²) in [6.45, 7) is 2.16. The zero-order valence-corrected chi connectivity index (χ0v) is 18.4. The van der Waals surface area contributed by atoms with Gasteiger partial charge in [-0.3, -0.25) is 9.59 Å². The summed E-state index contributed by atoms with van der Waals surface area (Å²) in [7, 11) is 1.56. The number of hydrogen-bond donors (Lipinski definition) is 1. The molecule has 8 nitrogen and oxygen atoms in total. The van der Waals surface area contributed by atoms with Gasteiger partial charge in [0.1, 0.15) is 11.6 Å². The minimum Gasteiger partial charge on any atom is -0.495 e. The molecule has 0 unspecified atom stereocenters. The number of primary amides is 1. The molecule has 2 N–H and O–H groups in total. The van der Waals surface area contributed by atoms with Gasteiger partial charge in [-0.15, -0.1) is 10.2 Å². The molecule has 1 aliphatic carbocycles. The van der Waals surface area contributed by atoms with E-state index in [-0.39, 0.29) is 24.6 Å². The number of anilines is 1. The van der Waals surface area contributed by atoms with Crippen molar-refractivity contribution in [2.45, 2.75) is 56.6 Å². The van der Waals surface area contributed by atoms with Crippen LogP contribution in [0.15, 0.2) is 29.4 Å². The second kappa shape index (κ2) is 10.5. The summed E-state index contributed by atoms with van der Waals surface area (Å²) in [6, 6.07) is 7.65. The Morgan fingerprint density at radius 3 is 2.67 bits per heavy atom. The predicted octanol–water partition coefficient (Wildman–Crippen LogP) is 3.10. The molecule has 2 amide bonds. The minimum atomic E-state index is -0.456. The number of aromatic nitrogens is 3. The van der Waals surface area contributed by atoms with Crippen molar-refractivity contribution in [3.05, 3.63) is 30.1 Å². The second-order valence-electron chi connectivity index (χ2n) is 7.41. The van der Waals surface area contributed by atoms with Crippen molar-refractivity contribution in [2.75, 3.05) is 24.3 Å². The number of benzene rings is 1. The van der Waals surface area contributed by atoms with Crippen LogP contribution in [0.3, 0.4) is 0 Å². The van der Waals surface area contributed by atoms with Crippen molar-refractivity contribution < 1.29 is 14.3 Å². The number of carbonyl (C=O) groups excluding carboxylic acids is 2. The summed E-state index contributed by atoms with van der Waals surface area (Å²) in [4.78, 5) is 26.0. The van der Waals surface area contributed by atoms with Crippen LogP contribution < -0.4 is 15.4 Å². The zero-order valence-electron chi connectivity index (χ0n) is 17.5. The van der Waals surface area contributed by atoms with Crippen molar-refractivity contribution in [3.63, 3.8) is 0 Å². The molecule has 0 atom stereocenters. The molecule has 0 bridgehead atoms. The van der Waals surface area contributed by atoms with Gasteiger partial charge in [0.25, 0.3) is 0 Å². The Bertz CT molecular complexity index is 879. The van der Waals surface area contributed by atoms with E-state index in [4.69, 9.17) is 10.5 Å². The van der Waals surface area contributed by atoms with E-state index in [2.05, 4.69) is 14.8 Å². The first-order valence-electron chi connectivity index (χ1n) is 10.3. The van der Waals surface area contributed by atoms with Crippen molar-refractivity contribution >= 4 is 29.3 Å². The van der Waals surface area contributed by atoms with Crippen LogP contribution in [0.2, 0.25) is 0 Å². The largest absolute Gasteiger partial charge is 0.495 e. The zero-order chi connectivity index (χ0) is 21.5. The van der Waals surface area contributed by atoms with Crippen molar-refractivity contribution in [2.24, 2.45) is 5.73 Å². The van der Waals surface area contributed by atoms with Crippen molar-refractivity contribution in [1.29, 1.82) is 0 Å². The van der Waals surface area contributed by atoms with E-state index < -0.39 is 5.91 Å². The lowest BCUT2D eigenvalue weighted by atomic mass is 9.95. The van der Waals surface area contributed by atoms with E-state index in [0.29, 0.717) is 17.5 Å². The van der Waals surface area contributed by atoms with Crippen LogP contribution in [0.5, 0.6) is 5.75 Å². The van der Waals surface area contributed by atoms with Gasteiger partial charge in [0, 0.05) is 19.0 Å². The van der Waals surface area contributed by atoms with Gasteiger partial charge in [0.05, 0.1) is 18.6 Å². The molecular formula is C21H29N5O3S. The number of rotatable bonds is 9. The number of hydrogen-bond acceptors (Lipinski definition) is 6. The molecule has 0 saturated heterocycles. The molecule has 1 saturated carbocycles. The molecule has 1 fully saturated rings. The Morgan fingerprint density at radius 1 is 1.23 bits per heavy atom. The number of nitrogens with two attached hydrogens (primary N) is 1. The summed E-state index contributed by atoms with van der Waals surface area (Å²) in [6.07, 6.45) is 6.00. The smallest absolute Gasteiger partial charge is 0.237 e. The average molecular weight is 432 g/mol. The van der Waals surface area contributed by atoms with Crippen LogP contribution in [-0.4, -0.2) is 46.0 Å².